The van der Waals surface area contributed by atoms with E-state index in [4.69, 9.17) is 9.05 Å². The van der Waals surface area contributed by atoms with E-state index in [1.165, 1.54) is 13.8 Å². The van der Waals surface area contributed by atoms with Gasteiger partial charge in [0.1, 0.15) is 5.71 Å². The molecular weight excluding hydrogens is 246 g/mol. The van der Waals surface area contributed by atoms with Gasteiger partial charge < -0.3 is 9.05 Å². The van der Waals surface area contributed by atoms with Crippen LogP contribution in [-0.4, -0.2) is 38.3 Å². The highest BCUT2D eigenvalue weighted by atomic mass is 31.2. The van der Waals surface area contributed by atoms with Crippen LogP contribution in [-0.2, 0) is 13.6 Å². The molecule has 0 aromatic carbocycles. The molecule has 0 N–H and O–H groups in total. The summed E-state index contributed by atoms with van der Waals surface area (Å²) < 4.78 is 58.4. The second-order valence-corrected chi connectivity index (χ2v) is 4.83. The summed E-state index contributed by atoms with van der Waals surface area (Å²) in [6.45, 7) is 3.10. The average Bonchev–Trinajstić information content (AvgIpc) is 2.13. The lowest BCUT2D eigenvalue weighted by Crippen LogP contribution is -2.27. The molecule has 0 radical (unpaired) electrons. The van der Waals surface area contributed by atoms with Crippen molar-refractivity contribution in [2.75, 3.05) is 26.4 Å². The number of nitrogens with zero attached hydrogens (tertiary/aromatic N) is 1. The molecule has 0 aliphatic carbocycles. The first-order valence-corrected chi connectivity index (χ1v) is 6.42. The highest BCUT2D eigenvalue weighted by molar-refractivity contribution is 7.54. The topological polar surface area (TPSA) is 47.9 Å². The van der Waals surface area contributed by atoms with E-state index in [1.54, 1.807) is 0 Å². The fourth-order valence-corrected chi connectivity index (χ4v) is 2.72. The molecule has 0 rings (SSSR count). The molecule has 16 heavy (non-hydrogen) atoms. The number of rotatable bonds is 6. The molecule has 0 unspecified atom stereocenters. The van der Waals surface area contributed by atoms with E-state index in [9.17, 15) is 17.7 Å². The Bertz CT molecular complexity index is 281. The van der Waals surface area contributed by atoms with Gasteiger partial charge in [-0.1, -0.05) is 0 Å². The van der Waals surface area contributed by atoms with Crippen LogP contribution in [0.4, 0.5) is 13.2 Å². The van der Waals surface area contributed by atoms with Crippen molar-refractivity contribution in [1.29, 1.82) is 0 Å². The Kier molecular flexibility index (Phi) is 6.22. The van der Waals surface area contributed by atoms with Crippen LogP contribution in [0.3, 0.4) is 0 Å². The summed E-state index contributed by atoms with van der Waals surface area (Å²) in [7, 11) is -2.75. The van der Waals surface area contributed by atoms with Gasteiger partial charge in [0.05, 0.1) is 19.4 Å². The SMILES string of the molecule is CCOP(=O)(CC(=NC)C(F)(F)F)OCC. The standard InChI is InChI=1S/C8H15F3NO3P/c1-4-14-16(13,15-5-2)6-7(12-3)8(9,10)11/h4-6H2,1-3H3. The number of halogens is 3. The molecule has 0 aliphatic heterocycles. The van der Waals surface area contributed by atoms with Gasteiger partial charge in [-0.3, -0.25) is 9.56 Å². The Morgan fingerprint density at radius 1 is 1.25 bits per heavy atom. The van der Waals surface area contributed by atoms with Gasteiger partial charge >= 0.3 is 13.8 Å². The maximum Gasteiger partial charge on any atom is 0.429 e. The highest BCUT2D eigenvalue weighted by Crippen LogP contribution is 2.49. The maximum absolute atomic E-state index is 12.4. The first-order chi connectivity index (χ1) is 7.29. The zero-order chi connectivity index (χ0) is 12.8. The van der Waals surface area contributed by atoms with Crippen molar-refractivity contribution in [2.24, 2.45) is 4.99 Å². The van der Waals surface area contributed by atoms with Gasteiger partial charge in [-0.05, 0) is 13.8 Å². The van der Waals surface area contributed by atoms with E-state index in [2.05, 4.69) is 4.99 Å². The molecule has 0 heterocycles. The van der Waals surface area contributed by atoms with E-state index in [1.807, 2.05) is 0 Å². The van der Waals surface area contributed by atoms with Gasteiger partial charge in [0, 0.05) is 7.05 Å². The Balaban J connectivity index is 4.81. The van der Waals surface area contributed by atoms with Crippen molar-refractivity contribution in [3.63, 3.8) is 0 Å². The number of aliphatic imine (C=N–C) groups is 1. The van der Waals surface area contributed by atoms with Gasteiger partial charge in [0.2, 0.25) is 0 Å². The van der Waals surface area contributed by atoms with E-state index in [0.29, 0.717) is 0 Å². The molecule has 0 saturated heterocycles. The third kappa shape index (κ3) is 5.09. The first kappa shape index (κ1) is 15.6. The first-order valence-electron chi connectivity index (χ1n) is 4.70. The summed E-state index contributed by atoms with van der Waals surface area (Å²) in [4.78, 5) is 3.07. The lowest BCUT2D eigenvalue weighted by atomic mass is 10.4. The van der Waals surface area contributed by atoms with Crippen molar-refractivity contribution in [2.45, 2.75) is 20.0 Å². The fourth-order valence-electron chi connectivity index (χ4n) is 0.993. The third-order valence-electron chi connectivity index (χ3n) is 1.59. The number of hydrogen-bond acceptors (Lipinski definition) is 4. The zero-order valence-electron chi connectivity index (χ0n) is 9.37. The van der Waals surface area contributed by atoms with Crippen LogP contribution in [0.15, 0.2) is 4.99 Å². The minimum absolute atomic E-state index is 0.0200. The Hall–Kier alpha value is -0.390. The molecule has 0 aromatic rings. The predicted octanol–water partition coefficient (Wildman–Crippen LogP) is 2.89. The molecule has 96 valence electrons. The quantitative estimate of drug-likeness (QED) is 0.545. The second-order valence-electron chi connectivity index (χ2n) is 2.77. The summed E-state index contributed by atoms with van der Waals surface area (Å²) in [5.74, 6) is 0. The fraction of sp³-hybridized carbons (Fsp3) is 0.875. The van der Waals surface area contributed by atoms with Crippen LogP contribution in [0.5, 0.6) is 0 Å². The maximum atomic E-state index is 12.4. The van der Waals surface area contributed by atoms with Crippen LogP contribution in [0.1, 0.15) is 13.8 Å². The molecule has 0 fully saturated rings. The molecule has 0 aromatic heterocycles. The molecule has 0 spiro atoms. The highest BCUT2D eigenvalue weighted by Gasteiger charge is 2.40. The normalized spacial score (nSPS) is 14.2. The molecule has 0 amide bonds. The Morgan fingerprint density at radius 2 is 1.69 bits per heavy atom. The van der Waals surface area contributed by atoms with Crippen molar-refractivity contribution in [3.8, 4) is 0 Å². The number of hydrogen-bond donors (Lipinski definition) is 0. The zero-order valence-corrected chi connectivity index (χ0v) is 10.3. The molecule has 0 aliphatic rings. The van der Waals surface area contributed by atoms with E-state index in [0.717, 1.165) is 7.05 Å². The van der Waals surface area contributed by atoms with Crippen molar-refractivity contribution >= 4 is 13.3 Å². The van der Waals surface area contributed by atoms with Gasteiger partial charge in [-0.15, -0.1) is 0 Å². The molecule has 0 saturated carbocycles. The molecular formula is C8H15F3NO3P. The summed E-state index contributed by atoms with van der Waals surface area (Å²) in [6.07, 6.45) is -5.46. The largest absolute Gasteiger partial charge is 0.429 e. The van der Waals surface area contributed by atoms with Gasteiger partial charge in [-0.25, -0.2) is 0 Å². The van der Waals surface area contributed by atoms with Crippen LogP contribution in [0, 0.1) is 0 Å². The van der Waals surface area contributed by atoms with Crippen molar-refractivity contribution in [1.82, 2.24) is 0 Å². The minimum atomic E-state index is -4.61. The molecule has 8 heteroatoms. The van der Waals surface area contributed by atoms with Crippen LogP contribution in [0.25, 0.3) is 0 Å². The van der Waals surface area contributed by atoms with Crippen LogP contribution in [0.2, 0.25) is 0 Å². The van der Waals surface area contributed by atoms with Crippen LogP contribution < -0.4 is 0 Å². The average molecular weight is 261 g/mol. The lowest BCUT2D eigenvalue weighted by Gasteiger charge is -2.18. The minimum Gasteiger partial charge on any atom is -0.309 e. The Labute approximate surface area is 92.4 Å². The molecule has 0 bridgehead atoms. The summed E-state index contributed by atoms with van der Waals surface area (Å²) in [6, 6.07) is 0. The van der Waals surface area contributed by atoms with Gasteiger partial charge in [-0.2, -0.15) is 13.2 Å². The summed E-state index contributed by atoms with van der Waals surface area (Å²) >= 11 is 0. The third-order valence-corrected chi connectivity index (χ3v) is 3.58. The van der Waals surface area contributed by atoms with E-state index >= 15 is 0 Å². The van der Waals surface area contributed by atoms with Gasteiger partial charge in [0.25, 0.3) is 0 Å². The molecule has 0 atom stereocenters. The summed E-state index contributed by atoms with van der Waals surface area (Å²) in [5.41, 5.74) is -1.14. The van der Waals surface area contributed by atoms with E-state index < -0.39 is 25.6 Å². The second kappa shape index (κ2) is 6.37. The Morgan fingerprint density at radius 3 is 1.94 bits per heavy atom. The summed E-state index contributed by atoms with van der Waals surface area (Å²) in [5, 5.41) is 0. The van der Waals surface area contributed by atoms with Crippen molar-refractivity contribution in [3.05, 3.63) is 0 Å². The monoisotopic (exact) mass is 261 g/mol. The lowest BCUT2D eigenvalue weighted by molar-refractivity contribution is -0.0593. The van der Waals surface area contributed by atoms with E-state index in [-0.39, 0.29) is 13.2 Å². The van der Waals surface area contributed by atoms with Crippen molar-refractivity contribution < 1.29 is 26.8 Å². The smallest absolute Gasteiger partial charge is 0.309 e. The molecule has 4 nitrogen and oxygen atoms in total. The van der Waals surface area contributed by atoms with Crippen LogP contribution >= 0.6 is 7.60 Å². The number of alkyl halides is 3. The predicted molar refractivity (Wildman–Crippen MR) is 55.1 cm³/mol. The van der Waals surface area contributed by atoms with Gasteiger partial charge in [0.15, 0.2) is 0 Å².